The normalized spacial score (nSPS) is 11.7. The van der Waals surface area contributed by atoms with Crippen LogP contribution in [0.5, 0.6) is 0 Å². The Bertz CT molecular complexity index is 528. The molecule has 1 heterocycles. The first-order chi connectivity index (χ1) is 8.97. The summed E-state index contributed by atoms with van der Waals surface area (Å²) in [6.45, 7) is -0.836. The first-order valence-corrected chi connectivity index (χ1v) is 6.11. The molecule has 19 heavy (non-hydrogen) atoms. The van der Waals surface area contributed by atoms with Crippen LogP contribution in [0.4, 0.5) is 0 Å². The molecule has 0 aliphatic rings. The fraction of sp³-hybridized carbons (Fsp3) is 0.364. The molecule has 0 radical (unpaired) electrons. The van der Waals surface area contributed by atoms with Crippen LogP contribution in [0.25, 0.3) is 0 Å². The molecule has 1 unspecified atom stereocenters. The van der Waals surface area contributed by atoms with Gasteiger partial charge < -0.3 is 19.7 Å². The van der Waals surface area contributed by atoms with Crippen molar-refractivity contribution in [3.05, 3.63) is 33.2 Å². The van der Waals surface area contributed by atoms with Gasteiger partial charge in [0.2, 0.25) is 5.91 Å². The summed E-state index contributed by atoms with van der Waals surface area (Å²) in [6.07, 6.45) is 1.45. The van der Waals surface area contributed by atoms with Crippen LogP contribution in [0.1, 0.15) is 0 Å². The molecule has 0 aliphatic heterocycles. The summed E-state index contributed by atoms with van der Waals surface area (Å²) in [5, 5.41) is 11.2. The number of nitrogens with one attached hydrogen (secondary N) is 1. The number of ether oxygens (including phenoxy) is 1. The third-order valence-corrected chi connectivity index (χ3v) is 2.73. The second-order valence-electron chi connectivity index (χ2n) is 3.64. The van der Waals surface area contributed by atoms with Crippen molar-refractivity contribution in [1.82, 2.24) is 9.88 Å². The number of aliphatic hydroxyl groups excluding tert-OH is 1. The van der Waals surface area contributed by atoms with Gasteiger partial charge in [-0.25, -0.2) is 4.79 Å². The number of carbonyl (C=O) groups excluding carboxylic acids is 2. The number of hydrogen-bond donors (Lipinski definition) is 2. The maximum atomic E-state index is 11.7. The van der Waals surface area contributed by atoms with E-state index in [4.69, 9.17) is 5.11 Å². The topological polar surface area (TPSA) is 97.6 Å². The molecule has 0 saturated carbocycles. The number of rotatable bonds is 5. The molecule has 8 heteroatoms. The van der Waals surface area contributed by atoms with Gasteiger partial charge in [-0.15, -0.1) is 0 Å². The molecule has 104 valence electrons. The smallest absolute Gasteiger partial charge is 0.330 e. The zero-order chi connectivity index (χ0) is 14.4. The highest BCUT2D eigenvalue weighted by Crippen LogP contribution is 2.04. The minimum absolute atomic E-state index is 0.258. The number of methoxy groups -OCH3 is 1. The van der Waals surface area contributed by atoms with Gasteiger partial charge in [0, 0.05) is 16.7 Å². The molecule has 0 aliphatic carbocycles. The number of carbonyl (C=O) groups is 2. The van der Waals surface area contributed by atoms with E-state index in [1.165, 1.54) is 16.8 Å². The standard InChI is InChI=1S/C11H13BrN2O5/c1-19-11(18)8(6-15)13-9(16)5-14-4-7(12)2-3-10(14)17/h2-4,8,15H,5-6H2,1H3,(H,13,16). The number of aliphatic hydroxyl groups is 1. The van der Waals surface area contributed by atoms with Crippen molar-refractivity contribution < 1.29 is 19.4 Å². The fourth-order valence-corrected chi connectivity index (χ4v) is 1.72. The van der Waals surface area contributed by atoms with Crippen molar-refractivity contribution >= 4 is 27.8 Å². The second kappa shape index (κ2) is 7.05. The van der Waals surface area contributed by atoms with Crippen LogP contribution in [0.15, 0.2) is 27.6 Å². The molecule has 7 nitrogen and oxygen atoms in total. The molecule has 0 saturated heterocycles. The van der Waals surface area contributed by atoms with Gasteiger partial charge in [0.1, 0.15) is 6.54 Å². The molecule has 0 fully saturated rings. The van der Waals surface area contributed by atoms with Gasteiger partial charge >= 0.3 is 5.97 Å². The molecule has 0 aromatic carbocycles. The van der Waals surface area contributed by atoms with Crippen LogP contribution in [-0.4, -0.2) is 41.3 Å². The Morgan fingerprint density at radius 1 is 1.53 bits per heavy atom. The molecule has 0 spiro atoms. The molecule has 1 atom stereocenters. The maximum Gasteiger partial charge on any atom is 0.330 e. The van der Waals surface area contributed by atoms with E-state index in [1.807, 2.05) is 0 Å². The summed E-state index contributed by atoms with van der Waals surface area (Å²) in [5.41, 5.74) is -0.350. The Morgan fingerprint density at radius 3 is 2.79 bits per heavy atom. The monoisotopic (exact) mass is 332 g/mol. The van der Waals surface area contributed by atoms with E-state index in [2.05, 4.69) is 26.0 Å². The number of pyridine rings is 1. The van der Waals surface area contributed by atoms with Gasteiger partial charge in [-0.2, -0.15) is 0 Å². The van der Waals surface area contributed by atoms with E-state index < -0.39 is 24.5 Å². The fourth-order valence-electron chi connectivity index (χ4n) is 1.34. The van der Waals surface area contributed by atoms with Gasteiger partial charge in [0.15, 0.2) is 6.04 Å². The molecule has 1 aromatic rings. The van der Waals surface area contributed by atoms with Gasteiger partial charge in [0.25, 0.3) is 5.56 Å². The minimum Gasteiger partial charge on any atom is -0.467 e. The molecule has 1 rings (SSSR count). The van der Waals surface area contributed by atoms with Crippen LogP contribution >= 0.6 is 15.9 Å². The summed E-state index contributed by atoms with van der Waals surface area (Å²) in [6, 6.07) is 1.73. The van der Waals surface area contributed by atoms with Crippen molar-refractivity contribution in [2.45, 2.75) is 12.6 Å². The van der Waals surface area contributed by atoms with Crippen LogP contribution in [0, 0.1) is 0 Å². The van der Waals surface area contributed by atoms with Crippen LogP contribution < -0.4 is 10.9 Å². The van der Waals surface area contributed by atoms with E-state index in [9.17, 15) is 14.4 Å². The summed E-state index contributed by atoms with van der Waals surface area (Å²) in [5.74, 6) is -1.33. The first kappa shape index (κ1) is 15.4. The number of halogens is 1. The number of nitrogens with zero attached hydrogens (tertiary/aromatic N) is 1. The summed E-state index contributed by atoms with van der Waals surface area (Å²) in [4.78, 5) is 34.3. The van der Waals surface area contributed by atoms with Crippen molar-refractivity contribution in [1.29, 1.82) is 0 Å². The summed E-state index contributed by atoms with van der Waals surface area (Å²) < 4.78 is 6.22. The third-order valence-electron chi connectivity index (χ3n) is 2.26. The van der Waals surface area contributed by atoms with Crippen molar-refractivity contribution in [2.75, 3.05) is 13.7 Å². The highest BCUT2D eigenvalue weighted by molar-refractivity contribution is 9.10. The Labute approximate surface area is 117 Å². The van der Waals surface area contributed by atoms with Gasteiger partial charge in [-0.05, 0) is 22.0 Å². The van der Waals surface area contributed by atoms with Crippen molar-refractivity contribution in [2.24, 2.45) is 0 Å². The number of esters is 1. The largest absolute Gasteiger partial charge is 0.467 e. The van der Waals surface area contributed by atoms with Crippen LogP contribution in [0.2, 0.25) is 0 Å². The van der Waals surface area contributed by atoms with Gasteiger partial charge in [-0.3, -0.25) is 9.59 Å². The van der Waals surface area contributed by atoms with Gasteiger partial charge in [0.05, 0.1) is 13.7 Å². The SMILES string of the molecule is COC(=O)C(CO)NC(=O)Cn1cc(Br)ccc1=O. The Morgan fingerprint density at radius 2 is 2.21 bits per heavy atom. The second-order valence-corrected chi connectivity index (χ2v) is 4.55. The predicted molar refractivity (Wildman–Crippen MR) is 69.4 cm³/mol. The van der Waals surface area contributed by atoms with Gasteiger partial charge in [-0.1, -0.05) is 0 Å². The first-order valence-electron chi connectivity index (χ1n) is 5.32. The lowest BCUT2D eigenvalue weighted by Crippen LogP contribution is -2.45. The summed E-state index contributed by atoms with van der Waals surface area (Å²) >= 11 is 3.18. The van der Waals surface area contributed by atoms with Crippen molar-refractivity contribution in [3.63, 3.8) is 0 Å². The number of aromatic nitrogens is 1. The number of amides is 1. The quantitative estimate of drug-likeness (QED) is 0.692. The zero-order valence-electron chi connectivity index (χ0n) is 10.1. The van der Waals surface area contributed by atoms with E-state index in [1.54, 1.807) is 6.07 Å². The molecular formula is C11H13BrN2O5. The summed E-state index contributed by atoms with van der Waals surface area (Å²) in [7, 11) is 1.15. The van der Waals surface area contributed by atoms with Crippen LogP contribution in [-0.2, 0) is 20.9 Å². The average molecular weight is 333 g/mol. The van der Waals surface area contributed by atoms with E-state index in [0.29, 0.717) is 4.47 Å². The van der Waals surface area contributed by atoms with Crippen LogP contribution in [0.3, 0.4) is 0 Å². The Hall–Kier alpha value is -1.67. The lowest BCUT2D eigenvalue weighted by molar-refractivity contribution is -0.146. The molecule has 1 amide bonds. The number of hydrogen-bond acceptors (Lipinski definition) is 5. The predicted octanol–water partition coefficient (Wildman–Crippen LogP) is -0.739. The van der Waals surface area contributed by atoms with E-state index in [-0.39, 0.29) is 12.1 Å². The highest BCUT2D eigenvalue weighted by atomic mass is 79.9. The molecule has 2 N–H and O–H groups in total. The van der Waals surface area contributed by atoms with Crippen molar-refractivity contribution in [3.8, 4) is 0 Å². The third kappa shape index (κ3) is 4.49. The molecular weight excluding hydrogens is 320 g/mol. The Balaban J connectivity index is 2.72. The molecule has 0 bridgehead atoms. The molecule has 1 aromatic heterocycles. The maximum absolute atomic E-state index is 11.7. The minimum atomic E-state index is -1.14. The van der Waals surface area contributed by atoms with E-state index in [0.717, 1.165) is 7.11 Å². The zero-order valence-corrected chi connectivity index (χ0v) is 11.7. The lowest BCUT2D eigenvalue weighted by atomic mass is 10.3. The van der Waals surface area contributed by atoms with E-state index >= 15 is 0 Å². The average Bonchev–Trinajstić information content (AvgIpc) is 2.39. The lowest BCUT2D eigenvalue weighted by Gasteiger charge is -2.14. The highest BCUT2D eigenvalue weighted by Gasteiger charge is 2.20. The Kier molecular flexibility index (Phi) is 5.71.